The first kappa shape index (κ1) is 16.4. The van der Waals surface area contributed by atoms with Crippen molar-refractivity contribution in [2.75, 3.05) is 17.7 Å². The number of carbonyl (C=O) groups is 1. The molecule has 3 aromatic rings. The van der Waals surface area contributed by atoms with Crippen LogP contribution in [0.4, 0.5) is 27.5 Å². The summed E-state index contributed by atoms with van der Waals surface area (Å²) in [7, 11) is 1.32. The van der Waals surface area contributed by atoms with E-state index in [-0.39, 0.29) is 5.82 Å². The van der Waals surface area contributed by atoms with Crippen LogP contribution in [0.25, 0.3) is 0 Å². The number of carbonyl (C=O) groups excluding carboxylic acids is 1. The van der Waals surface area contributed by atoms with Crippen LogP contribution in [0, 0.1) is 5.82 Å². The smallest absolute Gasteiger partial charge is 0.339 e. The lowest BCUT2D eigenvalue weighted by molar-refractivity contribution is 0.0602. The fourth-order valence-corrected chi connectivity index (χ4v) is 2.20. The summed E-state index contributed by atoms with van der Waals surface area (Å²) in [6.45, 7) is 0. The van der Waals surface area contributed by atoms with Crippen LogP contribution in [0.3, 0.4) is 0 Å². The van der Waals surface area contributed by atoms with Crippen molar-refractivity contribution in [1.82, 2.24) is 9.97 Å². The number of benzene rings is 2. The Balaban J connectivity index is 1.82. The molecule has 1 aromatic heterocycles. The number of para-hydroxylation sites is 1. The van der Waals surface area contributed by atoms with Crippen molar-refractivity contribution < 1.29 is 13.9 Å². The van der Waals surface area contributed by atoms with Crippen LogP contribution in [0.15, 0.2) is 60.8 Å². The molecule has 25 heavy (non-hydrogen) atoms. The second-order valence-corrected chi connectivity index (χ2v) is 5.06. The van der Waals surface area contributed by atoms with Crippen molar-refractivity contribution in [3.63, 3.8) is 0 Å². The highest BCUT2D eigenvalue weighted by Crippen LogP contribution is 2.21. The second-order valence-electron chi connectivity index (χ2n) is 5.06. The molecule has 3 rings (SSSR count). The predicted octanol–water partition coefficient (Wildman–Crippen LogP) is 3.89. The minimum atomic E-state index is -0.449. The molecule has 6 nitrogen and oxygen atoms in total. The molecule has 0 saturated carbocycles. The van der Waals surface area contributed by atoms with Gasteiger partial charge in [-0.2, -0.15) is 4.98 Å². The first-order valence-electron chi connectivity index (χ1n) is 7.46. The van der Waals surface area contributed by atoms with E-state index in [1.54, 1.807) is 48.7 Å². The van der Waals surface area contributed by atoms with E-state index in [1.165, 1.54) is 19.2 Å². The molecule has 0 aliphatic heterocycles. The van der Waals surface area contributed by atoms with E-state index in [2.05, 4.69) is 20.6 Å². The van der Waals surface area contributed by atoms with Crippen LogP contribution < -0.4 is 10.6 Å². The molecular formula is C18H15FN4O2. The maximum Gasteiger partial charge on any atom is 0.339 e. The van der Waals surface area contributed by atoms with Crippen molar-refractivity contribution in [1.29, 1.82) is 0 Å². The van der Waals surface area contributed by atoms with Crippen molar-refractivity contribution in [3.8, 4) is 0 Å². The molecule has 0 aliphatic rings. The summed E-state index contributed by atoms with van der Waals surface area (Å²) in [5.41, 5.74) is 1.49. The summed E-state index contributed by atoms with van der Waals surface area (Å²) >= 11 is 0. The van der Waals surface area contributed by atoms with Gasteiger partial charge in [-0.05, 0) is 36.4 Å². The topological polar surface area (TPSA) is 76.1 Å². The fourth-order valence-electron chi connectivity index (χ4n) is 2.20. The SMILES string of the molecule is COC(=O)c1ccccc1Nc1ccnc(Nc2cccc(F)c2)n1. The minimum absolute atomic E-state index is 0.297. The molecule has 0 fully saturated rings. The zero-order chi connectivity index (χ0) is 17.6. The number of aromatic nitrogens is 2. The number of hydrogen-bond donors (Lipinski definition) is 2. The highest BCUT2D eigenvalue weighted by molar-refractivity contribution is 5.96. The molecule has 0 spiro atoms. The molecular weight excluding hydrogens is 323 g/mol. The predicted molar refractivity (Wildman–Crippen MR) is 92.8 cm³/mol. The van der Waals surface area contributed by atoms with Crippen LogP contribution in [0.5, 0.6) is 0 Å². The zero-order valence-corrected chi connectivity index (χ0v) is 13.4. The van der Waals surface area contributed by atoms with Gasteiger partial charge in [0.2, 0.25) is 5.95 Å². The zero-order valence-electron chi connectivity index (χ0n) is 13.4. The summed E-state index contributed by atoms with van der Waals surface area (Å²) in [6, 6.07) is 14.6. The standard InChI is InChI=1S/C18H15FN4O2/c1-25-17(24)14-7-2-3-8-15(14)22-16-9-10-20-18(23-16)21-13-6-4-5-12(19)11-13/h2-11H,1H3,(H2,20,21,22,23). The van der Waals surface area contributed by atoms with Crippen LogP contribution >= 0.6 is 0 Å². The van der Waals surface area contributed by atoms with Gasteiger partial charge < -0.3 is 15.4 Å². The van der Waals surface area contributed by atoms with Gasteiger partial charge in [0.05, 0.1) is 18.4 Å². The number of anilines is 4. The quantitative estimate of drug-likeness (QED) is 0.687. The van der Waals surface area contributed by atoms with Gasteiger partial charge >= 0.3 is 5.97 Å². The van der Waals surface area contributed by atoms with E-state index in [9.17, 15) is 9.18 Å². The third kappa shape index (κ3) is 4.08. The Kier molecular flexibility index (Phi) is 4.84. The Morgan fingerprint density at radius 3 is 2.72 bits per heavy atom. The maximum atomic E-state index is 13.3. The van der Waals surface area contributed by atoms with E-state index < -0.39 is 5.97 Å². The summed E-state index contributed by atoms with van der Waals surface area (Å²) in [6.07, 6.45) is 1.55. The highest BCUT2D eigenvalue weighted by Gasteiger charge is 2.11. The number of ether oxygens (including phenoxy) is 1. The molecule has 0 radical (unpaired) electrons. The molecule has 1 heterocycles. The van der Waals surface area contributed by atoms with Crippen molar-refractivity contribution in [2.45, 2.75) is 0 Å². The Morgan fingerprint density at radius 1 is 1.08 bits per heavy atom. The lowest BCUT2D eigenvalue weighted by atomic mass is 10.2. The monoisotopic (exact) mass is 338 g/mol. The molecule has 0 aliphatic carbocycles. The van der Waals surface area contributed by atoms with Crippen molar-refractivity contribution in [2.24, 2.45) is 0 Å². The van der Waals surface area contributed by atoms with E-state index in [0.29, 0.717) is 28.7 Å². The van der Waals surface area contributed by atoms with Gasteiger partial charge in [-0.15, -0.1) is 0 Å². The number of rotatable bonds is 5. The Morgan fingerprint density at radius 2 is 1.92 bits per heavy atom. The summed E-state index contributed by atoms with van der Waals surface area (Å²) < 4.78 is 18.0. The van der Waals surface area contributed by atoms with Gasteiger partial charge in [0, 0.05) is 11.9 Å². The summed E-state index contributed by atoms with van der Waals surface area (Å²) in [5.74, 6) is -0.0297. The lowest BCUT2D eigenvalue weighted by Crippen LogP contribution is -2.06. The molecule has 0 amide bonds. The molecule has 126 valence electrons. The average Bonchev–Trinajstić information content (AvgIpc) is 2.62. The number of nitrogens with one attached hydrogen (secondary N) is 2. The molecule has 2 N–H and O–H groups in total. The fraction of sp³-hybridized carbons (Fsp3) is 0.0556. The molecule has 0 unspecified atom stereocenters. The third-order valence-corrected chi connectivity index (χ3v) is 3.33. The van der Waals surface area contributed by atoms with Gasteiger partial charge in [0.15, 0.2) is 0 Å². The van der Waals surface area contributed by atoms with E-state index >= 15 is 0 Å². The molecule has 0 atom stereocenters. The average molecular weight is 338 g/mol. The second kappa shape index (κ2) is 7.39. The number of halogens is 1. The van der Waals surface area contributed by atoms with Gasteiger partial charge in [-0.25, -0.2) is 14.2 Å². The number of nitrogens with zero attached hydrogens (tertiary/aromatic N) is 2. The Hall–Kier alpha value is -3.48. The summed E-state index contributed by atoms with van der Waals surface area (Å²) in [4.78, 5) is 20.2. The van der Waals surface area contributed by atoms with Crippen LogP contribution in [-0.4, -0.2) is 23.0 Å². The highest BCUT2D eigenvalue weighted by atomic mass is 19.1. The molecule has 7 heteroatoms. The third-order valence-electron chi connectivity index (χ3n) is 3.33. The maximum absolute atomic E-state index is 13.3. The first-order valence-corrected chi connectivity index (χ1v) is 7.46. The van der Waals surface area contributed by atoms with Crippen molar-refractivity contribution >= 4 is 29.1 Å². The molecule has 0 saturated heterocycles. The van der Waals surface area contributed by atoms with Crippen LogP contribution in [0.1, 0.15) is 10.4 Å². The summed E-state index contributed by atoms with van der Waals surface area (Å²) in [5, 5.41) is 5.98. The normalized spacial score (nSPS) is 10.2. The largest absolute Gasteiger partial charge is 0.465 e. The number of hydrogen-bond acceptors (Lipinski definition) is 6. The number of methoxy groups -OCH3 is 1. The van der Waals surface area contributed by atoms with E-state index in [4.69, 9.17) is 4.74 Å². The van der Waals surface area contributed by atoms with Gasteiger partial charge in [-0.3, -0.25) is 0 Å². The van der Waals surface area contributed by atoms with Gasteiger partial charge in [0.1, 0.15) is 11.6 Å². The molecule has 0 bridgehead atoms. The Bertz CT molecular complexity index is 902. The lowest BCUT2D eigenvalue weighted by Gasteiger charge is -2.11. The van der Waals surface area contributed by atoms with Gasteiger partial charge in [0.25, 0.3) is 0 Å². The van der Waals surface area contributed by atoms with Crippen molar-refractivity contribution in [3.05, 3.63) is 72.2 Å². The van der Waals surface area contributed by atoms with Gasteiger partial charge in [-0.1, -0.05) is 18.2 Å². The van der Waals surface area contributed by atoms with E-state index in [1.807, 2.05) is 0 Å². The molecule has 2 aromatic carbocycles. The van der Waals surface area contributed by atoms with E-state index in [0.717, 1.165) is 0 Å². The first-order chi connectivity index (χ1) is 12.2. The van der Waals surface area contributed by atoms with Crippen LogP contribution in [0.2, 0.25) is 0 Å². The Labute approximate surface area is 143 Å². The van der Waals surface area contributed by atoms with Crippen LogP contribution in [-0.2, 0) is 4.74 Å². The number of esters is 1. The minimum Gasteiger partial charge on any atom is -0.465 e.